The Hall–Kier alpha value is -3.03. The lowest BCUT2D eigenvalue weighted by atomic mass is 10.1. The highest BCUT2D eigenvalue weighted by Crippen LogP contribution is 2.35. The molecule has 0 aliphatic rings. The molecule has 50 heavy (non-hydrogen) atoms. The largest absolute Gasteiger partial charge is 0.469 e. The van der Waals surface area contributed by atoms with Crippen molar-refractivity contribution in [1.29, 1.82) is 0 Å². The highest BCUT2D eigenvalue weighted by atomic mass is 31.2. The van der Waals surface area contributed by atoms with Crippen molar-refractivity contribution in [3.05, 3.63) is 97.2 Å². The minimum Gasteiger partial charge on any atom is -0.462 e. The van der Waals surface area contributed by atoms with E-state index in [0.29, 0.717) is 19.3 Å². The van der Waals surface area contributed by atoms with Crippen LogP contribution in [0, 0.1) is 0 Å². The molecule has 282 valence electrons. The molecule has 1 atom stereocenters. The summed E-state index contributed by atoms with van der Waals surface area (Å²) < 4.78 is 26.2. The fraction of sp³-hybridized carbons (Fsp3) is 0.561. The number of unbranched alkanes of at least 4 members (excludes halogenated alkanes) is 6. The zero-order valence-electron chi connectivity index (χ0n) is 30.7. The van der Waals surface area contributed by atoms with Crippen LogP contribution >= 0.6 is 7.82 Å². The number of hydrogen-bond acceptors (Lipinski definition) is 6. The van der Waals surface area contributed by atoms with Gasteiger partial charge < -0.3 is 19.3 Å². The van der Waals surface area contributed by atoms with Gasteiger partial charge in [0.1, 0.15) is 6.61 Å². The molecule has 0 aliphatic heterocycles. The Morgan fingerprint density at radius 2 is 0.920 bits per heavy atom. The smallest absolute Gasteiger partial charge is 0.462 e. The van der Waals surface area contributed by atoms with Gasteiger partial charge >= 0.3 is 19.8 Å². The van der Waals surface area contributed by atoms with E-state index in [1.807, 2.05) is 12.2 Å². The molecule has 0 aromatic carbocycles. The van der Waals surface area contributed by atoms with E-state index in [2.05, 4.69) is 103 Å². The van der Waals surface area contributed by atoms with Gasteiger partial charge in [-0.25, -0.2) is 4.57 Å². The van der Waals surface area contributed by atoms with Crippen molar-refractivity contribution in [2.45, 2.75) is 136 Å². The van der Waals surface area contributed by atoms with Crippen LogP contribution in [0.4, 0.5) is 0 Å². The summed E-state index contributed by atoms with van der Waals surface area (Å²) in [6.45, 7) is 3.37. The standard InChI is InChI=1S/C41H65O8P/c1-3-5-7-9-11-13-15-17-19-20-22-24-26-28-30-32-34-36-41(43)49-39(38-48-50(44,45)46)37-47-40(42)35-33-31-29-27-25-23-21-18-16-14-12-10-8-6-4-2/h5-8,11-14,17-19,21-22,24,28,30,39H,3-4,9-10,15-16,20,23,25-27,29,31-38H2,1-2H3,(H2,44,45,46)/b7-5-,8-6-,13-11-,14-12-,19-17-,21-18-,24-22-,30-28-. The van der Waals surface area contributed by atoms with Crippen molar-refractivity contribution in [1.82, 2.24) is 0 Å². The first-order valence-corrected chi connectivity index (χ1v) is 20.1. The number of phosphoric acid groups is 1. The van der Waals surface area contributed by atoms with Gasteiger partial charge in [-0.1, -0.05) is 130 Å². The number of carbonyl (C=O) groups excluding carboxylic acids is 2. The van der Waals surface area contributed by atoms with Crippen LogP contribution in [0.2, 0.25) is 0 Å². The van der Waals surface area contributed by atoms with E-state index in [0.717, 1.165) is 83.5 Å². The number of carbonyl (C=O) groups is 2. The van der Waals surface area contributed by atoms with E-state index >= 15 is 0 Å². The Labute approximate surface area is 303 Å². The molecular formula is C41H65O8P. The average molecular weight is 717 g/mol. The van der Waals surface area contributed by atoms with Crippen LogP contribution in [0.5, 0.6) is 0 Å². The van der Waals surface area contributed by atoms with E-state index in [4.69, 9.17) is 19.3 Å². The van der Waals surface area contributed by atoms with Crippen molar-refractivity contribution < 1.29 is 37.9 Å². The van der Waals surface area contributed by atoms with Crippen LogP contribution < -0.4 is 0 Å². The number of allylic oxidation sites excluding steroid dienone is 16. The van der Waals surface area contributed by atoms with Crippen molar-refractivity contribution >= 4 is 19.8 Å². The summed E-state index contributed by atoms with van der Waals surface area (Å²) >= 11 is 0. The second-order valence-corrected chi connectivity index (χ2v) is 13.0. The lowest BCUT2D eigenvalue weighted by Crippen LogP contribution is -2.29. The molecule has 0 aliphatic carbocycles. The summed E-state index contributed by atoms with van der Waals surface area (Å²) in [4.78, 5) is 42.7. The summed E-state index contributed by atoms with van der Waals surface area (Å²) in [7, 11) is -4.78. The minimum absolute atomic E-state index is 0.123. The van der Waals surface area contributed by atoms with Gasteiger partial charge in [-0.2, -0.15) is 0 Å². The maximum Gasteiger partial charge on any atom is 0.469 e. The van der Waals surface area contributed by atoms with Crippen LogP contribution in [0.15, 0.2) is 97.2 Å². The van der Waals surface area contributed by atoms with Gasteiger partial charge in [0.25, 0.3) is 0 Å². The summed E-state index contributed by atoms with van der Waals surface area (Å²) in [5.74, 6) is -0.986. The fourth-order valence-electron chi connectivity index (χ4n) is 4.42. The van der Waals surface area contributed by atoms with E-state index in [9.17, 15) is 14.2 Å². The Balaban J connectivity index is 4.14. The van der Waals surface area contributed by atoms with Gasteiger partial charge in [-0.15, -0.1) is 0 Å². The van der Waals surface area contributed by atoms with Crippen molar-refractivity contribution in [2.24, 2.45) is 0 Å². The third kappa shape index (κ3) is 37.8. The molecule has 8 nitrogen and oxygen atoms in total. The number of ether oxygens (including phenoxy) is 2. The molecule has 0 aromatic rings. The topological polar surface area (TPSA) is 119 Å². The van der Waals surface area contributed by atoms with Crippen LogP contribution in [0.1, 0.15) is 129 Å². The molecule has 2 N–H and O–H groups in total. The zero-order chi connectivity index (χ0) is 36.8. The predicted octanol–water partition coefficient (Wildman–Crippen LogP) is 11.1. The Kier molecular flexibility index (Phi) is 33.6. The highest BCUT2D eigenvalue weighted by Gasteiger charge is 2.22. The van der Waals surface area contributed by atoms with Crippen molar-refractivity contribution in [3.63, 3.8) is 0 Å². The van der Waals surface area contributed by atoms with Gasteiger partial charge in [0.2, 0.25) is 0 Å². The SMILES string of the molecule is CC/C=C\C/C=C\C/C=C\C/C=C\C/C=C\CCCC(=O)OC(COC(=O)CCCCCCC/C=C\C/C=C\C/C=C\CC)COP(=O)(O)O. The van der Waals surface area contributed by atoms with Gasteiger partial charge in [0.05, 0.1) is 6.61 Å². The van der Waals surface area contributed by atoms with Gasteiger partial charge in [0, 0.05) is 12.8 Å². The van der Waals surface area contributed by atoms with Crippen LogP contribution in [0.3, 0.4) is 0 Å². The molecule has 1 unspecified atom stereocenters. The van der Waals surface area contributed by atoms with Crippen molar-refractivity contribution in [2.75, 3.05) is 13.2 Å². The number of phosphoric ester groups is 1. The average Bonchev–Trinajstić information content (AvgIpc) is 3.08. The van der Waals surface area contributed by atoms with E-state index in [1.54, 1.807) is 0 Å². The fourth-order valence-corrected chi connectivity index (χ4v) is 4.78. The van der Waals surface area contributed by atoms with Crippen LogP contribution in [0.25, 0.3) is 0 Å². The summed E-state index contributed by atoms with van der Waals surface area (Å²) in [6, 6.07) is 0. The monoisotopic (exact) mass is 716 g/mol. The van der Waals surface area contributed by atoms with Gasteiger partial charge in [-0.05, 0) is 83.5 Å². The minimum atomic E-state index is -4.78. The molecule has 0 spiro atoms. The summed E-state index contributed by atoms with van der Waals surface area (Å²) in [6.07, 6.45) is 48.5. The maximum atomic E-state index is 12.3. The van der Waals surface area contributed by atoms with E-state index in [1.165, 1.54) is 0 Å². The second kappa shape index (κ2) is 35.8. The molecule has 0 rings (SSSR count). The summed E-state index contributed by atoms with van der Waals surface area (Å²) in [5, 5.41) is 0. The Bertz CT molecular complexity index is 1120. The summed E-state index contributed by atoms with van der Waals surface area (Å²) in [5.41, 5.74) is 0. The van der Waals surface area contributed by atoms with Crippen LogP contribution in [-0.4, -0.2) is 41.0 Å². The second-order valence-electron chi connectivity index (χ2n) is 11.8. The first kappa shape index (κ1) is 47.0. The molecule has 0 heterocycles. The lowest BCUT2D eigenvalue weighted by Gasteiger charge is -2.18. The number of rotatable bonds is 32. The maximum absolute atomic E-state index is 12.3. The zero-order valence-corrected chi connectivity index (χ0v) is 31.6. The molecular weight excluding hydrogens is 651 g/mol. The molecule has 0 amide bonds. The van der Waals surface area contributed by atoms with Gasteiger partial charge in [-0.3, -0.25) is 14.1 Å². The lowest BCUT2D eigenvalue weighted by molar-refractivity contribution is -0.161. The Morgan fingerprint density at radius 1 is 0.520 bits per heavy atom. The quantitative estimate of drug-likeness (QED) is 0.0305. The normalized spacial score (nSPS) is 13.6. The molecule has 0 aromatic heterocycles. The predicted molar refractivity (Wildman–Crippen MR) is 206 cm³/mol. The molecule has 0 radical (unpaired) electrons. The third-order valence-electron chi connectivity index (χ3n) is 7.10. The third-order valence-corrected chi connectivity index (χ3v) is 7.58. The van der Waals surface area contributed by atoms with E-state index in [-0.39, 0.29) is 19.4 Å². The first-order chi connectivity index (χ1) is 24.3. The van der Waals surface area contributed by atoms with E-state index < -0.39 is 32.5 Å². The molecule has 0 fully saturated rings. The molecule has 0 saturated heterocycles. The van der Waals surface area contributed by atoms with Crippen molar-refractivity contribution in [3.8, 4) is 0 Å². The Morgan fingerprint density at radius 3 is 1.40 bits per heavy atom. The number of hydrogen-bond donors (Lipinski definition) is 2. The molecule has 0 saturated carbocycles. The highest BCUT2D eigenvalue weighted by molar-refractivity contribution is 7.46. The first-order valence-electron chi connectivity index (χ1n) is 18.5. The van der Waals surface area contributed by atoms with Crippen LogP contribution in [-0.2, 0) is 28.2 Å². The van der Waals surface area contributed by atoms with Gasteiger partial charge in [0.15, 0.2) is 6.10 Å². The molecule has 0 bridgehead atoms. The molecule has 9 heteroatoms. The number of esters is 2.